The second-order valence-electron chi connectivity index (χ2n) is 8.68. The number of benzene rings is 2. The zero-order chi connectivity index (χ0) is 22.6. The fraction of sp³-hybridized carbons (Fsp3) is 0.423. The van der Waals surface area contributed by atoms with Crippen molar-refractivity contribution in [2.75, 3.05) is 70.7 Å². The lowest BCUT2D eigenvalue weighted by atomic mass is 10.1. The number of hydrogen-bond acceptors (Lipinski definition) is 6. The minimum Gasteiger partial charge on any atom is -0.492 e. The predicted octanol–water partition coefficient (Wildman–Crippen LogP) is 3.05. The predicted molar refractivity (Wildman–Crippen MR) is 131 cm³/mol. The number of nitrogens with one attached hydrogen (secondary N) is 1. The molecule has 0 atom stereocenters. The third-order valence-electron chi connectivity index (χ3n) is 6.35. The number of aromatic amines is 1. The summed E-state index contributed by atoms with van der Waals surface area (Å²) in [6.45, 7) is 9.80. The molecule has 0 saturated carbocycles. The molecule has 7 nitrogen and oxygen atoms in total. The summed E-state index contributed by atoms with van der Waals surface area (Å²) < 4.78 is 17.1. The van der Waals surface area contributed by atoms with Gasteiger partial charge in [-0.15, -0.1) is 0 Å². The zero-order valence-electron chi connectivity index (χ0n) is 19.1. The van der Waals surface area contributed by atoms with E-state index in [1.54, 1.807) is 6.07 Å². The summed E-state index contributed by atoms with van der Waals surface area (Å²) in [7, 11) is 0. The molecule has 0 unspecified atom stereocenters. The Bertz CT molecular complexity index is 1160. The summed E-state index contributed by atoms with van der Waals surface area (Å²) >= 11 is 0. The Kier molecular flexibility index (Phi) is 6.62. The average Bonchev–Trinajstić information content (AvgIpc) is 2.85. The minimum atomic E-state index is -0.00612. The molecule has 174 valence electrons. The quantitative estimate of drug-likeness (QED) is 0.624. The first-order valence-corrected chi connectivity index (χ1v) is 11.7. The second-order valence-corrected chi connectivity index (χ2v) is 8.68. The van der Waals surface area contributed by atoms with Crippen LogP contribution in [0.25, 0.3) is 22.2 Å². The lowest BCUT2D eigenvalue weighted by Crippen LogP contribution is -2.38. The van der Waals surface area contributed by atoms with Crippen LogP contribution in [0.15, 0.2) is 47.3 Å². The van der Waals surface area contributed by atoms with Crippen LogP contribution in [-0.4, -0.2) is 75.6 Å². The molecule has 0 radical (unpaired) electrons. The largest absolute Gasteiger partial charge is 0.492 e. The molecular weight excluding hydrogens is 418 g/mol. The molecule has 1 aromatic heterocycles. The van der Waals surface area contributed by atoms with Gasteiger partial charge in [-0.3, -0.25) is 9.69 Å². The second kappa shape index (κ2) is 9.95. The van der Waals surface area contributed by atoms with Crippen LogP contribution in [0.4, 0.5) is 5.69 Å². The van der Waals surface area contributed by atoms with Gasteiger partial charge in [0.15, 0.2) is 5.43 Å². The van der Waals surface area contributed by atoms with E-state index in [0.717, 1.165) is 79.7 Å². The third kappa shape index (κ3) is 5.05. The zero-order valence-corrected chi connectivity index (χ0v) is 19.1. The number of pyridine rings is 1. The van der Waals surface area contributed by atoms with Crippen molar-refractivity contribution in [3.63, 3.8) is 0 Å². The number of H-pyrrole nitrogens is 1. The van der Waals surface area contributed by atoms with Gasteiger partial charge in [0, 0.05) is 50.6 Å². The molecule has 0 amide bonds. The maximum Gasteiger partial charge on any atom is 0.190 e. The molecule has 3 aromatic rings. The number of aryl methyl sites for hydroxylation is 1. The van der Waals surface area contributed by atoms with E-state index in [1.807, 2.05) is 18.2 Å². The number of morpholine rings is 2. The van der Waals surface area contributed by atoms with Gasteiger partial charge >= 0.3 is 0 Å². The van der Waals surface area contributed by atoms with E-state index in [9.17, 15) is 4.79 Å². The molecule has 33 heavy (non-hydrogen) atoms. The Morgan fingerprint density at radius 3 is 2.48 bits per heavy atom. The fourth-order valence-corrected chi connectivity index (χ4v) is 4.53. The van der Waals surface area contributed by atoms with Gasteiger partial charge in [0.2, 0.25) is 0 Å². The van der Waals surface area contributed by atoms with Gasteiger partial charge < -0.3 is 24.1 Å². The first kappa shape index (κ1) is 21.9. The molecule has 0 spiro atoms. The first-order chi connectivity index (χ1) is 16.2. The topological polar surface area (TPSA) is 67.0 Å². The van der Waals surface area contributed by atoms with Crippen molar-refractivity contribution in [2.45, 2.75) is 6.92 Å². The minimum absolute atomic E-state index is 0.00612. The fourth-order valence-electron chi connectivity index (χ4n) is 4.53. The molecule has 2 aliphatic rings. The molecule has 2 aromatic carbocycles. The highest BCUT2D eigenvalue weighted by Crippen LogP contribution is 2.32. The van der Waals surface area contributed by atoms with Crippen LogP contribution in [-0.2, 0) is 9.47 Å². The standard InChI is InChI=1S/C26H31N3O4/c1-19-3-2-4-20(15-19)23-18-25(30)22-16-21(33-14-7-28-5-10-31-11-6-28)17-24(26(22)27-23)29-8-12-32-13-9-29/h2-4,15-18H,5-14H2,1H3,(H,27,30). The van der Waals surface area contributed by atoms with Crippen molar-refractivity contribution < 1.29 is 14.2 Å². The van der Waals surface area contributed by atoms with E-state index in [0.29, 0.717) is 25.2 Å². The van der Waals surface area contributed by atoms with Crippen molar-refractivity contribution in [3.05, 3.63) is 58.3 Å². The number of fused-ring (bicyclic) bond motifs is 1. The molecule has 0 aliphatic carbocycles. The van der Waals surface area contributed by atoms with E-state index in [4.69, 9.17) is 14.2 Å². The Morgan fingerprint density at radius 2 is 1.73 bits per heavy atom. The van der Waals surface area contributed by atoms with Crippen molar-refractivity contribution in [3.8, 4) is 17.0 Å². The van der Waals surface area contributed by atoms with Crippen LogP contribution in [0.2, 0.25) is 0 Å². The first-order valence-electron chi connectivity index (χ1n) is 11.7. The van der Waals surface area contributed by atoms with Crippen molar-refractivity contribution in [1.82, 2.24) is 9.88 Å². The van der Waals surface area contributed by atoms with Gasteiger partial charge in [-0.25, -0.2) is 0 Å². The number of aromatic nitrogens is 1. The summed E-state index contributed by atoms with van der Waals surface area (Å²) in [5.41, 5.74) is 4.82. The van der Waals surface area contributed by atoms with Gasteiger partial charge in [0.1, 0.15) is 12.4 Å². The molecule has 2 aliphatic heterocycles. The Labute approximate surface area is 193 Å². The molecular formula is C26H31N3O4. The summed E-state index contributed by atoms with van der Waals surface area (Å²) in [6.07, 6.45) is 0. The molecule has 5 rings (SSSR count). The average molecular weight is 450 g/mol. The Balaban J connectivity index is 1.49. The highest BCUT2D eigenvalue weighted by molar-refractivity contribution is 5.94. The monoisotopic (exact) mass is 449 g/mol. The van der Waals surface area contributed by atoms with E-state index >= 15 is 0 Å². The molecule has 3 heterocycles. The highest BCUT2D eigenvalue weighted by atomic mass is 16.5. The van der Waals surface area contributed by atoms with Crippen LogP contribution < -0.4 is 15.1 Å². The Hall–Kier alpha value is -2.87. The van der Waals surface area contributed by atoms with Crippen LogP contribution in [0.5, 0.6) is 5.75 Å². The lowest BCUT2D eigenvalue weighted by molar-refractivity contribution is 0.0322. The Morgan fingerprint density at radius 1 is 0.970 bits per heavy atom. The number of anilines is 1. The third-order valence-corrected chi connectivity index (χ3v) is 6.35. The smallest absolute Gasteiger partial charge is 0.190 e. The summed E-state index contributed by atoms with van der Waals surface area (Å²) in [4.78, 5) is 21.4. The molecule has 7 heteroatoms. The van der Waals surface area contributed by atoms with E-state index in [-0.39, 0.29) is 5.43 Å². The van der Waals surface area contributed by atoms with Crippen LogP contribution in [0, 0.1) is 6.92 Å². The number of hydrogen-bond donors (Lipinski definition) is 1. The van der Waals surface area contributed by atoms with Crippen LogP contribution in [0.3, 0.4) is 0 Å². The van der Waals surface area contributed by atoms with Crippen LogP contribution >= 0.6 is 0 Å². The van der Waals surface area contributed by atoms with E-state index in [1.165, 1.54) is 0 Å². The van der Waals surface area contributed by atoms with Gasteiger partial charge in [-0.1, -0.05) is 23.8 Å². The summed E-state index contributed by atoms with van der Waals surface area (Å²) in [6, 6.07) is 13.8. The van der Waals surface area contributed by atoms with Crippen molar-refractivity contribution in [2.24, 2.45) is 0 Å². The van der Waals surface area contributed by atoms with Gasteiger partial charge in [0.25, 0.3) is 0 Å². The van der Waals surface area contributed by atoms with Crippen molar-refractivity contribution in [1.29, 1.82) is 0 Å². The number of rotatable bonds is 6. The number of ether oxygens (including phenoxy) is 3. The highest BCUT2D eigenvalue weighted by Gasteiger charge is 2.19. The van der Waals surface area contributed by atoms with Gasteiger partial charge in [-0.05, 0) is 24.6 Å². The molecule has 1 N–H and O–H groups in total. The van der Waals surface area contributed by atoms with E-state index in [2.05, 4.69) is 39.9 Å². The van der Waals surface area contributed by atoms with Crippen LogP contribution in [0.1, 0.15) is 5.56 Å². The molecule has 2 saturated heterocycles. The van der Waals surface area contributed by atoms with Gasteiger partial charge in [-0.2, -0.15) is 0 Å². The van der Waals surface area contributed by atoms with Crippen molar-refractivity contribution >= 4 is 16.6 Å². The summed E-state index contributed by atoms with van der Waals surface area (Å²) in [5.74, 6) is 0.728. The summed E-state index contributed by atoms with van der Waals surface area (Å²) in [5, 5.41) is 0.650. The number of nitrogens with zero attached hydrogens (tertiary/aromatic N) is 2. The van der Waals surface area contributed by atoms with E-state index < -0.39 is 0 Å². The molecule has 2 fully saturated rings. The normalized spacial score (nSPS) is 17.4. The molecule has 0 bridgehead atoms. The SMILES string of the molecule is Cc1cccc(-c2cc(=O)c3cc(OCCN4CCOCC4)cc(N4CCOCC4)c3[nH]2)c1. The maximum atomic E-state index is 13.2. The maximum absolute atomic E-state index is 13.2. The van der Waals surface area contributed by atoms with Gasteiger partial charge in [0.05, 0.1) is 43.0 Å². The lowest BCUT2D eigenvalue weighted by Gasteiger charge is -2.30.